The lowest BCUT2D eigenvalue weighted by Gasteiger charge is -2.24. The van der Waals surface area contributed by atoms with Gasteiger partial charge in [0.25, 0.3) is 0 Å². The highest BCUT2D eigenvalue weighted by Gasteiger charge is 2.11. The van der Waals surface area contributed by atoms with E-state index >= 15 is 0 Å². The van der Waals surface area contributed by atoms with Crippen molar-refractivity contribution >= 4 is 0 Å². The van der Waals surface area contributed by atoms with Crippen molar-refractivity contribution in [2.24, 2.45) is 0 Å². The second-order valence-corrected chi connectivity index (χ2v) is 4.17. The molecule has 1 unspecified atom stereocenters. The van der Waals surface area contributed by atoms with Crippen LogP contribution in [0.5, 0.6) is 0 Å². The minimum absolute atomic E-state index is 0.656. The third-order valence-corrected chi connectivity index (χ3v) is 2.78. The molecule has 78 valence electrons. The lowest BCUT2D eigenvalue weighted by atomic mass is 10.2. The summed E-state index contributed by atoms with van der Waals surface area (Å²) in [5.74, 6) is 0. The van der Waals surface area contributed by atoms with Gasteiger partial charge < -0.3 is 10.2 Å². The Balaban J connectivity index is 2.17. The summed E-state index contributed by atoms with van der Waals surface area (Å²) in [6.45, 7) is 9.42. The van der Waals surface area contributed by atoms with E-state index in [4.69, 9.17) is 0 Å². The zero-order valence-electron chi connectivity index (χ0n) is 9.18. The van der Waals surface area contributed by atoms with Gasteiger partial charge in [-0.2, -0.15) is 0 Å². The average Bonchev–Trinajstić information content (AvgIpc) is 2.33. The lowest BCUT2D eigenvalue weighted by Crippen LogP contribution is -2.39. The average molecular weight is 184 g/mol. The minimum atomic E-state index is 0.656. The van der Waals surface area contributed by atoms with Crippen molar-refractivity contribution in [2.45, 2.75) is 45.6 Å². The molecule has 1 saturated heterocycles. The second-order valence-electron chi connectivity index (χ2n) is 4.17. The van der Waals surface area contributed by atoms with Crippen LogP contribution < -0.4 is 5.32 Å². The third kappa shape index (κ3) is 4.63. The van der Waals surface area contributed by atoms with Crippen molar-refractivity contribution in [1.29, 1.82) is 0 Å². The summed E-state index contributed by atoms with van der Waals surface area (Å²) >= 11 is 0. The van der Waals surface area contributed by atoms with Crippen LogP contribution in [0.2, 0.25) is 0 Å². The summed E-state index contributed by atoms with van der Waals surface area (Å²) in [5.41, 5.74) is 0. The maximum Gasteiger partial charge on any atom is 0.0166 e. The Labute approximate surface area is 82.7 Å². The first-order valence-corrected chi connectivity index (χ1v) is 5.78. The van der Waals surface area contributed by atoms with Crippen LogP contribution in [0, 0.1) is 0 Å². The number of hydrogen-bond donors (Lipinski definition) is 1. The van der Waals surface area contributed by atoms with Crippen molar-refractivity contribution < 1.29 is 0 Å². The Morgan fingerprint density at radius 1 is 1.15 bits per heavy atom. The zero-order valence-corrected chi connectivity index (χ0v) is 9.18. The predicted molar refractivity (Wildman–Crippen MR) is 58.0 cm³/mol. The van der Waals surface area contributed by atoms with Gasteiger partial charge in [-0.15, -0.1) is 0 Å². The molecule has 1 rings (SSSR count). The summed E-state index contributed by atoms with van der Waals surface area (Å²) in [7, 11) is 0. The van der Waals surface area contributed by atoms with Gasteiger partial charge in [0.15, 0.2) is 0 Å². The van der Waals surface area contributed by atoms with Gasteiger partial charge in [0.2, 0.25) is 0 Å². The molecule has 1 aliphatic rings. The fourth-order valence-corrected chi connectivity index (χ4v) is 2.12. The fraction of sp³-hybridized carbons (Fsp3) is 1.00. The van der Waals surface area contributed by atoms with Crippen LogP contribution in [0.3, 0.4) is 0 Å². The zero-order chi connectivity index (χ0) is 9.52. The summed E-state index contributed by atoms with van der Waals surface area (Å²) in [6.07, 6.45) is 5.68. The molecule has 0 saturated carbocycles. The molecule has 2 heteroatoms. The normalized spacial score (nSPS) is 22.6. The van der Waals surface area contributed by atoms with Gasteiger partial charge in [-0.1, -0.05) is 19.8 Å². The smallest absolute Gasteiger partial charge is 0.0166 e. The van der Waals surface area contributed by atoms with Gasteiger partial charge >= 0.3 is 0 Å². The number of likely N-dealkylation sites (N-methyl/N-ethyl adjacent to an activating group) is 1. The quantitative estimate of drug-likeness (QED) is 0.717. The van der Waals surface area contributed by atoms with Crippen LogP contribution in [0.15, 0.2) is 0 Å². The van der Waals surface area contributed by atoms with Crippen molar-refractivity contribution in [3.8, 4) is 0 Å². The van der Waals surface area contributed by atoms with Crippen molar-refractivity contribution in [3.63, 3.8) is 0 Å². The Bertz CT molecular complexity index is 117. The van der Waals surface area contributed by atoms with Crippen molar-refractivity contribution in [2.75, 3.05) is 26.2 Å². The van der Waals surface area contributed by atoms with Gasteiger partial charge in [-0.3, -0.25) is 0 Å². The van der Waals surface area contributed by atoms with Crippen LogP contribution in [-0.2, 0) is 0 Å². The standard InChI is InChI=1S/C11H24N2/c1-3-12-11(2)10-13-8-6-4-5-7-9-13/h11-12H,3-10H2,1-2H3. The Kier molecular flexibility index (Phi) is 5.40. The SMILES string of the molecule is CCNC(C)CN1CCCCCC1. The first-order valence-electron chi connectivity index (χ1n) is 5.78. The summed E-state index contributed by atoms with van der Waals surface area (Å²) in [6, 6.07) is 0.656. The molecule has 1 fully saturated rings. The Morgan fingerprint density at radius 3 is 2.31 bits per heavy atom. The largest absolute Gasteiger partial charge is 0.313 e. The molecule has 0 bridgehead atoms. The van der Waals surface area contributed by atoms with Crippen LogP contribution in [0.1, 0.15) is 39.5 Å². The molecule has 0 aliphatic carbocycles. The number of nitrogens with zero attached hydrogens (tertiary/aromatic N) is 1. The molecule has 2 nitrogen and oxygen atoms in total. The van der Waals surface area contributed by atoms with E-state index in [0.29, 0.717) is 6.04 Å². The fourth-order valence-electron chi connectivity index (χ4n) is 2.12. The molecular formula is C11H24N2. The molecule has 1 N–H and O–H groups in total. The van der Waals surface area contributed by atoms with E-state index in [0.717, 1.165) is 6.54 Å². The monoisotopic (exact) mass is 184 g/mol. The van der Waals surface area contributed by atoms with Gasteiger partial charge in [-0.05, 0) is 39.4 Å². The highest BCUT2D eigenvalue weighted by atomic mass is 15.1. The van der Waals surface area contributed by atoms with Crippen molar-refractivity contribution in [1.82, 2.24) is 10.2 Å². The maximum atomic E-state index is 3.47. The van der Waals surface area contributed by atoms with E-state index < -0.39 is 0 Å². The van der Waals surface area contributed by atoms with Gasteiger partial charge in [-0.25, -0.2) is 0 Å². The van der Waals surface area contributed by atoms with Gasteiger partial charge in [0.1, 0.15) is 0 Å². The molecule has 1 aliphatic heterocycles. The molecule has 13 heavy (non-hydrogen) atoms. The first kappa shape index (κ1) is 11.0. The highest BCUT2D eigenvalue weighted by molar-refractivity contribution is 4.69. The van der Waals surface area contributed by atoms with Gasteiger partial charge in [0, 0.05) is 12.6 Å². The van der Waals surface area contributed by atoms with E-state index in [1.807, 2.05) is 0 Å². The Morgan fingerprint density at radius 2 is 1.77 bits per heavy atom. The van der Waals surface area contributed by atoms with E-state index in [1.165, 1.54) is 45.3 Å². The summed E-state index contributed by atoms with van der Waals surface area (Å²) < 4.78 is 0. The number of nitrogens with one attached hydrogen (secondary N) is 1. The third-order valence-electron chi connectivity index (χ3n) is 2.78. The van der Waals surface area contributed by atoms with Crippen LogP contribution in [-0.4, -0.2) is 37.1 Å². The molecule has 0 amide bonds. The minimum Gasteiger partial charge on any atom is -0.313 e. The molecular weight excluding hydrogens is 160 g/mol. The second kappa shape index (κ2) is 6.39. The van der Waals surface area contributed by atoms with Crippen LogP contribution in [0.25, 0.3) is 0 Å². The van der Waals surface area contributed by atoms with Crippen molar-refractivity contribution in [3.05, 3.63) is 0 Å². The highest BCUT2D eigenvalue weighted by Crippen LogP contribution is 2.09. The van der Waals surface area contributed by atoms with E-state index in [-0.39, 0.29) is 0 Å². The summed E-state index contributed by atoms with van der Waals surface area (Å²) in [5, 5.41) is 3.47. The maximum absolute atomic E-state index is 3.47. The Hall–Kier alpha value is -0.0800. The van der Waals surface area contributed by atoms with Crippen LogP contribution >= 0.6 is 0 Å². The van der Waals surface area contributed by atoms with E-state index in [9.17, 15) is 0 Å². The molecule has 1 heterocycles. The molecule has 0 radical (unpaired) electrons. The molecule has 0 spiro atoms. The number of hydrogen-bond acceptors (Lipinski definition) is 2. The molecule has 0 aromatic rings. The van der Waals surface area contributed by atoms with E-state index in [1.54, 1.807) is 0 Å². The van der Waals surface area contributed by atoms with Crippen LogP contribution in [0.4, 0.5) is 0 Å². The number of likely N-dealkylation sites (tertiary alicyclic amines) is 1. The molecule has 1 atom stereocenters. The molecule has 0 aromatic carbocycles. The van der Waals surface area contributed by atoms with E-state index in [2.05, 4.69) is 24.1 Å². The first-order chi connectivity index (χ1) is 6.33. The summed E-state index contributed by atoms with van der Waals surface area (Å²) in [4.78, 5) is 2.61. The number of rotatable bonds is 4. The van der Waals surface area contributed by atoms with Gasteiger partial charge in [0.05, 0.1) is 0 Å². The lowest BCUT2D eigenvalue weighted by molar-refractivity contribution is 0.257. The predicted octanol–water partition coefficient (Wildman–Crippen LogP) is 1.86. The topological polar surface area (TPSA) is 15.3 Å². The molecule has 0 aromatic heterocycles.